The first-order chi connectivity index (χ1) is 13.5. The number of fused-ring (bicyclic) bond motifs is 1. The summed E-state index contributed by atoms with van der Waals surface area (Å²) in [5.41, 5.74) is 0.349. The molecule has 3 rings (SSSR count). The van der Waals surface area contributed by atoms with E-state index in [2.05, 4.69) is 4.98 Å². The number of halogens is 1. The van der Waals surface area contributed by atoms with Crippen molar-refractivity contribution < 1.29 is 13.9 Å². The number of benzene rings is 1. The van der Waals surface area contributed by atoms with E-state index in [4.69, 9.17) is 4.74 Å². The Bertz CT molecular complexity index is 1030. The van der Waals surface area contributed by atoms with Crippen LogP contribution in [0.1, 0.15) is 28.6 Å². The van der Waals surface area contributed by atoms with Gasteiger partial charge in [0.1, 0.15) is 10.6 Å². The molecule has 0 bridgehead atoms. The third-order valence-electron chi connectivity index (χ3n) is 4.24. The predicted octanol–water partition coefficient (Wildman–Crippen LogP) is 4.17. The van der Waals surface area contributed by atoms with Crippen LogP contribution < -0.4 is 5.56 Å². The van der Waals surface area contributed by atoms with E-state index in [1.807, 2.05) is 13.0 Å². The molecule has 5 nitrogen and oxygen atoms in total. The lowest BCUT2D eigenvalue weighted by Gasteiger charge is -2.11. The molecule has 0 atom stereocenters. The molecule has 0 unspecified atom stereocenters. The van der Waals surface area contributed by atoms with Crippen molar-refractivity contribution in [3.8, 4) is 0 Å². The number of rotatable bonds is 9. The van der Waals surface area contributed by atoms with E-state index in [0.29, 0.717) is 40.5 Å². The van der Waals surface area contributed by atoms with Crippen molar-refractivity contribution in [3.05, 3.63) is 56.9 Å². The molecule has 0 aliphatic heterocycles. The average molecular weight is 421 g/mol. The number of ether oxygens (including phenoxy) is 1. The summed E-state index contributed by atoms with van der Waals surface area (Å²) in [7, 11) is 1.62. The first-order valence-electron chi connectivity index (χ1n) is 8.97. The number of hydrogen-bond acceptors (Lipinski definition) is 6. The largest absolute Gasteiger partial charge is 0.385 e. The molecule has 0 spiro atoms. The third-order valence-corrected chi connectivity index (χ3v) is 6.39. The molecule has 148 valence electrons. The molecular formula is C20H21FN2O3S2. The molecule has 1 aromatic carbocycles. The monoisotopic (exact) mass is 420 g/mol. The van der Waals surface area contributed by atoms with E-state index >= 15 is 0 Å². The van der Waals surface area contributed by atoms with Gasteiger partial charge in [-0.25, -0.2) is 9.37 Å². The van der Waals surface area contributed by atoms with Gasteiger partial charge < -0.3 is 4.74 Å². The Balaban J connectivity index is 1.88. The minimum absolute atomic E-state index is 0.0891. The van der Waals surface area contributed by atoms with Gasteiger partial charge in [-0.15, -0.1) is 11.3 Å². The van der Waals surface area contributed by atoms with Gasteiger partial charge in [0.2, 0.25) is 0 Å². The molecule has 0 N–H and O–H groups in total. The summed E-state index contributed by atoms with van der Waals surface area (Å²) in [6, 6.07) is 7.36. The summed E-state index contributed by atoms with van der Waals surface area (Å²) in [5.74, 6) is -0.393. The number of hydrogen-bond donors (Lipinski definition) is 0. The average Bonchev–Trinajstić information content (AvgIpc) is 3.12. The summed E-state index contributed by atoms with van der Waals surface area (Å²) < 4.78 is 19.8. The normalized spacial score (nSPS) is 11.2. The number of carbonyl (C=O) groups excluding carboxylic acids is 1. The third kappa shape index (κ3) is 4.68. The van der Waals surface area contributed by atoms with Gasteiger partial charge in [0.25, 0.3) is 5.56 Å². The predicted molar refractivity (Wildman–Crippen MR) is 111 cm³/mol. The summed E-state index contributed by atoms with van der Waals surface area (Å²) in [6.07, 6.45) is 1.52. The second-order valence-corrected chi connectivity index (χ2v) is 8.26. The summed E-state index contributed by atoms with van der Waals surface area (Å²) >= 11 is 2.74. The van der Waals surface area contributed by atoms with Crippen LogP contribution in [0.5, 0.6) is 0 Å². The zero-order valence-corrected chi connectivity index (χ0v) is 17.4. The maximum atomic E-state index is 13.1. The van der Waals surface area contributed by atoms with Crippen LogP contribution in [-0.2, 0) is 17.7 Å². The van der Waals surface area contributed by atoms with E-state index in [1.165, 1.54) is 47.4 Å². The van der Waals surface area contributed by atoms with E-state index in [1.54, 1.807) is 11.7 Å². The van der Waals surface area contributed by atoms with Crippen molar-refractivity contribution >= 4 is 39.1 Å². The summed E-state index contributed by atoms with van der Waals surface area (Å²) in [6.45, 7) is 3.05. The molecule has 0 fully saturated rings. The van der Waals surface area contributed by atoms with Gasteiger partial charge in [0, 0.05) is 30.7 Å². The van der Waals surface area contributed by atoms with E-state index in [9.17, 15) is 14.0 Å². The van der Waals surface area contributed by atoms with Crippen molar-refractivity contribution in [2.75, 3.05) is 19.5 Å². The van der Waals surface area contributed by atoms with Crippen molar-refractivity contribution in [3.63, 3.8) is 0 Å². The number of ketones is 1. The Morgan fingerprint density at radius 3 is 2.75 bits per heavy atom. The molecule has 0 aliphatic rings. The van der Waals surface area contributed by atoms with Gasteiger partial charge in [-0.05, 0) is 43.2 Å². The topological polar surface area (TPSA) is 61.2 Å². The standard InChI is InChI=1S/C20H21FN2O3S2/c1-3-15-11-16-18(28-15)22-20(23(19(16)25)9-4-10-26-2)27-12-17(24)13-5-7-14(21)8-6-13/h5-8,11H,3-4,9-10,12H2,1-2H3. The van der Waals surface area contributed by atoms with Crippen molar-refractivity contribution in [1.29, 1.82) is 0 Å². The van der Waals surface area contributed by atoms with Crippen LogP contribution in [0.25, 0.3) is 10.2 Å². The molecule has 3 aromatic rings. The number of thiophene rings is 1. The highest BCUT2D eigenvalue weighted by atomic mass is 32.2. The highest BCUT2D eigenvalue weighted by Crippen LogP contribution is 2.25. The zero-order chi connectivity index (χ0) is 20.1. The smallest absolute Gasteiger partial charge is 0.262 e. The lowest BCUT2D eigenvalue weighted by atomic mass is 10.1. The number of carbonyl (C=O) groups is 1. The number of nitrogens with zero attached hydrogens (tertiary/aromatic N) is 2. The van der Waals surface area contributed by atoms with Gasteiger partial charge in [0.05, 0.1) is 11.1 Å². The fourth-order valence-electron chi connectivity index (χ4n) is 2.74. The Morgan fingerprint density at radius 2 is 2.07 bits per heavy atom. The summed E-state index contributed by atoms with van der Waals surface area (Å²) in [4.78, 5) is 31.9. The SMILES string of the molecule is CCc1cc2c(=O)n(CCCOC)c(SCC(=O)c3ccc(F)cc3)nc2s1. The number of thioether (sulfide) groups is 1. The Morgan fingerprint density at radius 1 is 1.32 bits per heavy atom. The highest BCUT2D eigenvalue weighted by molar-refractivity contribution is 7.99. The van der Waals surface area contributed by atoms with E-state index < -0.39 is 0 Å². The maximum absolute atomic E-state index is 13.1. The van der Waals surface area contributed by atoms with Crippen molar-refractivity contribution in [2.24, 2.45) is 0 Å². The maximum Gasteiger partial charge on any atom is 0.262 e. The quantitative estimate of drug-likeness (QED) is 0.225. The Kier molecular flexibility index (Phi) is 6.98. The molecule has 2 aromatic heterocycles. The number of aryl methyl sites for hydroxylation is 1. The summed E-state index contributed by atoms with van der Waals surface area (Å²) in [5, 5.41) is 1.14. The fraction of sp³-hybridized carbons (Fsp3) is 0.350. The molecule has 0 saturated carbocycles. The van der Waals surface area contributed by atoms with Crippen LogP contribution in [0.3, 0.4) is 0 Å². The Labute approximate surface area is 170 Å². The van der Waals surface area contributed by atoms with Crippen molar-refractivity contribution in [2.45, 2.75) is 31.5 Å². The van der Waals surface area contributed by atoms with Crippen LogP contribution in [-0.4, -0.2) is 34.8 Å². The van der Waals surface area contributed by atoms with Crippen LogP contribution in [0, 0.1) is 5.82 Å². The van der Waals surface area contributed by atoms with Gasteiger partial charge in [-0.2, -0.15) is 0 Å². The number of methoxy groups -OCH3 is 1. The molecule has 0 aliphatic carbocycles. The molecule has 2 heterocycles. The number of aromatic nitrogens is 2. The van der Waals surface area contributed by atoms with E-state index in [-0.39, 0.29) is 22.9 Å². The van der Waals surface area contributed by atoms with Gasteiger partial charge in [0.15, 0.2) is 10.9 Å². The molecule has 0 saturated heterocycles. The van der Waals surface area contributed by atoms with Crippen LogP contribution in [0.4, 0.5) is 4.39 Å². The zero-order valence-electron chi connectivity index (χ0n) is 15.7. The molecular weight excluding hydrogens is 399 g/mol. The molecule has 8 heteroatoms. The second kappa shape index (κ2) is 9.45. The highest BCUT2D eigenvalue weighted by Gasteiger charge is 2.16. The molecule has 28 heavy (non-hydrogen) atoms. The fourth-order valence-corrected chi connectivity index (χ4v) is 4.67. The molecule has 0 radical (unpaired) electrons. The first-order valence-corrected chi connectivity index (χ1v) is 10.8. The minimum Gasteiger partial charge on any atom is -0.385 e. The number of Topliss-reactive ketones (excluding diaryl/α,β-unsaturated/α-hetero) is 1. The van der Waals surface area contributed by atoms with Gasteiger partial charge in [-0.3, -0.25) is 14.2 Å². The lowest BCUT2D eigenvalue weighted by Crippen LogP contribution is -2.24. The molecule has 0 amide bonds. The van der Waals surface area contributed by atoms with Crippen LogP contribution in [0.2, 0.25) is 0 Å². The lowest BCUT2D eigenvalue weighted by molar-refractivity contribution is 0.102. The second-order valence-electron chi connectivity index (χ2n) is 6.20. The van der Waals surface area contributed by atoms with Crippen LogP contribution >= 0.6 is 23.1 Å². The van der Waals surface area contributed by atoms with Crippen LogP contribution in [0.15, 0.2) is 40.3 Å². The van der Waals surface area contributed by atoms with E-state index in [0.717, 1.165) is 11.3 Å². The van der Waals surface area contributed by atoms with Gasteiger partial charge in [-0.1, -0.05) is 18.7 Å². The minimum atomic E-state index is -0.382. The Hall–Kier alpha value is -2.03. The van der Waals surface area contributed by atoms with Gasteiger partial charge >= 0.3 is 0 Å². The van der Waals surface area contributed by atoms with Crippen molar-refractivity contribution in [1.82, 2.24) is 9.55 Å². The first kappa shape index (κ1) is 20.7.